The highest BCUT2D eigenvalue weighted by molar-refractivity contribution is 5.99. The summed E-state index contributed by atoms with van der Waals surface area (Å²) in [5.74, 6) is 0.559. The van der Waals surface area contributed by atoms with Crippen molar-refractivity contribution in [3.05, 3.63) is 35.5 Å². The lowest BCUT2D eigenvalue weighted by Crippen LogP contribution is -2.52. The van der Waals surface area contributed by atoms with Crippen molar-refractivity contribution in [1.82, 2.24) is 4.98 Å². The van der Waals surface area contributed by atoms with E-state index in [-0.39, 0.29) is 18.0 Å². The number of carboxylic acids is 1. The predicted octanol–water partition coefficient (Wildman–Crippen LogP) is 3.64. The van der Waals surface area contributed by atoms with Gasteiger partial charge < -0.3 is 20.6 Å². The van der Waals surface area contributed by atoms with Crippen molar-refractivity contribution in [2.24, 2.45) is 23.5 Å². The van der Waals surface area contributed by atoms with Gasteiger partial charge in [-0.1, -0.05) is 18.2 Å². The van der Waals surface area contributed by atoms with Gasteiger partial charge in [-0.15, -0.1) is 0 Å². The Kier molecular flexibility index (Phi) is 4.07. The molecule has 6 nitrogen and oxygen atoms in total. The summed E-state index contributed by atoms with van der Waals surface area (Å²) in [5, 5.41) is 10.3. The van der Waals surface area contributed by atoms with Crippen LogP contribution < -0.4 is 5.73 Å². The SMILES string of the molecule is C[C@@](N)(Cc1c(C(=O)OC23CC4CC(CC(C4)C2)C3)[nH]c2ccccc12)C(=O)O. The molecule has 1 atom stereocenters. The average Bonchev–Trinajstić information content (AvgIpc) is 2.98. The molecule has 1 aromatic carbocycles. The van der Waals surface area contributed by atoms with Crippen LogP contribution in [0.25, 0.3) is 10.9 Å². The molecule has 0 radical (unpaired) electrons. The van der Waals surface area contributed by atoms with E-state index in [9.17, 15) is 14.7 Å². The summed E-state index contributed by atoms with van der Waals surface area (Å²) in [6, 6.07) is 7.54. The van der Waals surface area contributed by atoms with Gasteiger partial charge in [-0.3, -0.25) is 4.79 Å². The molecular formula is C23H28N2O4. The molecule has 1 aromatic heterocycles. The van der Waals surface area contributed by atoms with Gasteiger partial charge in [0, 0.05) is 17.3 Å². The smallest absolute Gasteiger partial charge is 0.355 e. The molecule has 4 bridgehead atoms. The van der Waals surface area contributed by atoms with Crippen molar-refractivity contribution >= 4 is 22.8 Å². The van der Waals surface area contributed by atoms with E-state index in [2.05, 4.69) is 4.98 Å². The molecule has 4 aliphatic carbocycles. The fraction of sp³-hybridized carbons (Fsp3) is 0.565. The Balaban J connectivity index is 1.49. The maximum atomic E-state index is 13.3. The highest BCUT2D eigenvalue weighted by Crippen LogP contribution is 2.57. The van der Waals surface area contributed by atoms with Crippen LogP contribution >= 0.6 is 0 Å². The summed E-state index contributed by atoms with van der Waals surface area (Å²) in [6.07, 6.45) is 6.77. The van der Waals surface area contributed by atoms with E-state index in [1.807, 2.05) is 24.3 Å². The number of carbonyl (C=O) groups is 2. The molecular weight excluding hydrogens is 368 g/mol. The number of aromatic nitrogens is 1. The molecule has 2 aromatic rings. The minimum Gasteiger partial charge on any atom is -0.480 e. The number of nitrogens with one attached hydrogen (secondary N) is 1. The Bertz CT molecular complexity index is 955. The summed E-state index contributed by atoms with van der Waals surface area (Å²) >= 11 is 0. The summed E-state index contributed by atoms with van der Waals surface area (Å²) in [7, 11) is 0. The first-order chi connectivity index (χ1) is 13.7. The molecule has 0 spiro atoms. The van der Waals surface area contributed by atoms with E-state index < -0.39 is 11.5 Å². The highest BCUT2D eigenvalue weighted by Gasteiger charge is 2.53. The first-order valence-corrected chi connectivity index (χ1v) is 10.6. The zero-order valence-electron chi connectivity index (χ0n) is 16.7. The van der Waals surface area contributed by atoms with Crippen molar-refractivity contribution in [1.29, 1.82) is 0 Å². The van der Waals surface area contributed by atoms with Crippen LogP contribution in [0.5, 0.6) is 0 Å². The number of aromatic amines is 1. The van der Waals surface area contributed by atoms with Crippen molar-refractivity contribution in [2.45, 2.75) is 63.0 Å². The fourth-order valence-corrected chi connectivity index (χ4v) is 6.40. The van der Waals surface area contributed by atoms with E-state index in [1.54, 1.807) is 0 Å². The van der Waals surface area contributed by atoms with Gasteiger partial charge in [-0.05, 0) is 74.8 Å². The van der Waals surface area contributed by atoms with Crippen LogP contribution in [0.1, 0.15) is 61.5 Å². The highest BCUT2D eigenvalue weighted by atomic mass is 16.6. The number of nitrogens with two attached hydrogens (primary N) is 1. The van der Waals surface area contributed by atoms with Crippen LogP contribution in [-0.4, -0.2) is 33.2 Å². The van der Waals surface area contributed by atoms with Crippen LogP contribution in [-0.2, 0) is 16.0 Å². The molecule has 29 heavy (non-hydrogen) atoms. The summed E-state index contributed by atoms with van der Waals surface area (Å²) < 4.78 is 6.22. The van der Waals surface area contributed by atoms with Crippen molar-refractivity contribution in [2.75, 3.05) is 0 Å². The van der Waals surface area contributed by atoms with Gasteiger partial charge in [0.2, 0.25) is 0 Å². The summed E-state index contributed by atoms with van der Waals surface area (Å²) in [6.45, 7) is 1.48. The molecule has 0 aliphatic heterocycles. The Morgan fingerprint density at radius 3 is 2.34 bits per heavy atom. The third-order valence-electron chi connectivity index (χ3n) is 7.34. The minimum absolute atomic E-state index is 0.0532. The van der Waals surface area contributed by atoms with Gasteiger partial charge in [0.1, 0.15) is 16.8 Å². The normalized spacial score (nSPS) is 32.3. The second-order valence-corrected chi connectivity index (χ2v) is 9.91. The third kappa shape index (κ3) is 3.14. The third-order valence-corrected chi connectivity index (χ3v) is 7.34. The number of aliphatic carboxylic acids is 1. The lowest BCUT2D eigenvalue weighted by Gasteiger charge is -2.55. The van der Waals surface area contributed by atoms with Crippen molar-refractivity contribution in [3.8, 4) is 0 Å². The number of esters is 1. The summed E-state index contributed by atoms with van der Waals surface area (Å²) in [4.78, 5) is 28.1. The number of carboxylic acid groups (broad SMARTS) is 1. The number of ether oxygens (including phenoxy) is 1. The van der Waals surface area contributed by atoms with Crippen molar-refractivity contribution < 1.29 is 19.4 Å². The van der Waals surface area contributed by atoms with Crippen LogP contribution in [0.15, 0.2) is 24.3 Å². The first-order valence-electron chi connectivity index (χ1n) is 10.6. The average molecular weight is 396 g/mol. The van der Waals surface area contributed by atoms with Crippen molar-refractivity contribution in [3.63, 3.8) is 0 Å². The topological polar surface area (TPSA) is 105 Å². The molecule has 4 fully saturated rings. The van der Waals surface area contributed by atoms with E-state index in [4.69, 9.17) is 10.5 Å². The quantitative estimate of drug-likeness (QED) is 0.669. The standard InChI is InChI=1S/C23H28N2O4/c1-22(24,21(27)28)12-17-16-4-2-3-5-18(16)25-19(17)20(26)29-23-9-13-6-14(10-23)8-15(7-13)11-23/h2-5,13-15,25H,6-12,24H2,1H3,(H,27,28)/t13?,14?,15?,22-,23?/m1/s1. The molecule has 4 N–H and O–H groups in total. The number of hydrogen-bond acceptors (Lipinski definition) is 4. The zero-order valence-corrected chi connectivity index (χ0v) is 16.7. The van der Waals surface area contributed by atoms with Crippen LogP contribution in [0.4, 0.5) is 0 Å². The Labute approximate surface area is 169 Å². The summed E-state index contributed by atoms with van der Waals surface area (Å²) in [5.41, 5.74) is 5.98. The van der Waals surface area contributed by atoms with Gasteiger partial charge in [0.15, 0.2) is 0 Å². The van der Waals surface area contributed by atoms with Crippen LogP contribution in [0, 0.1) is 17.8 Å². The van der Waals surface area contributed by atoms with Crippen LogP contribution in [0.2, 0.25) is 0 Å². The second-order valence-electron chi connectivity index (χ2n) is 9.91. The molecule has 4 saturated carbocycles. The number of benzene rings is 1. The zero-order chi connectivity index (χ0) is 20.4. The predicted molar refractivity (Wildman–Crippen MR) is 109 cm³/mol. The maximum Gasteiger partial charge on any atom is 0.355 e. The molecule has 1 heterocycles. The van der Waals surface area contributed by atoms with E-state index in [1.165, 1.54) is 26.2 Å². The maximum absolute atomic E-state index is 13.3. The molecule has 4 aliphatic rings. The van der Waals surface area contributed by atoms with E-state index in [0.717, 1.165) is 30.2 Å². The lowest BCUT2D eigenvalue weighted by molar-refractivity contribution is -0.142. The second kappa shape index (κ2) is 6.33. The molecule has 6 heteroatoms. The molecule has 154 valence electrons. The molecule has 6 rings (SSSR count). The number of carbonyl (C=O) groups excluding carboxylic acids is 1. The number of para-hydroxylation sites is 1. The number of fused-ring (bicyclic) bond motifs is 1. The number of rotatable bonds is 5. The minimum atomic E-state index is -1.47. The number of hydrogen-bond donors (Lipinski definition) is 3. The lowest BCUT2D eigenvalue weighted by atomic mass is 9.54. The van der Waals surface area contributed by atoms with Gasteiger partial charge in [0.05, 0.1) is 0 Å². The van der Waals surface area contributed by atoms with Gasteiger partial charge in [-0.2, -0.15) is 0 Å². The van der Waals surface area contributed by atoms with Gasteiger partial charge in [0.25, 0.3) is 0 Å². The van der Waals surface area contributed by atoms with Crippen LogP contribution in [0.3, 0.4) is 0 Å². The van der Waals surface area contributed by atoms with E-state index in [0.29, 0.717) is 29.0 Å². The Morgan fingerprint density at radius 1 is 1.17 bits per heavy atom. The van der Waals surface area contributed by atoms with Gasteiger partial charge >= 0.3 is 11.9 Å². The Hall–Kier alpha value is -2.34. The molecule has 0 unspecified atom stereocenters. The monoisotopic (exact) mass is 396 g/mol. The molecule has 0 saturated heterocycles. The van der Waals surface area contributed by atoms with E-state index >= 15 is 0 Å². The Morgan fingerprint density at radius 2 is 1.76 bits per heavy atom. The number of H-pyrrole nitrogens is 1. The van der Waals surface area contributed by atoms with Gasteiger partial charge in [-0.25, -0.2) is 4.79 Å². The molecule has 0 amide bonds. The largest absolute Gasteiger partial charge is 0.480 e. The first kappa shape index (κ1) is 18.7. The fourth-order valence-electron chi connectivity index (χ4n) is 6.40.